The Morgan fingerprint density at radius 1 is 0.657 bits per heavy atom. The molecule has 186 valence electrons. The Kier molecular flexibility index (Phi) is 17.3. The quantitative estimate of drug-likeness (QED) is 0.196. The monoisotopic (exact) mass is 568 g/mol. The zero-order valence-electron chi connectivity index (χ0n) is 23.6. The summed E-state index contributed by atoms with van der Waals surface area (Å²) in [5, 5.41) is 0. The van der Waals surface area contributed by atoms with Crippen LogP contribution >= 0.6 is 0 Å². The molecule has 2 aromatic rings. The zero-order chi connectivity index (χ0) is 26.5. The predicted octanol–water partition coefficient (Wildman–Crippen LogP) is 9.06. The van der Waals surface area contributed by atoms with Crippen LogP contribution in [0.1, 0.15) is 11.1 Å². The van der Waals surface area contributed by atoms with Crippen molar-refractivity contribution in [2.45, 2.75) is 77.6 Å². The fraction of sp³-hybridized carbons (Fsp3) is 0.429. The second-order valence-corrected chi connectivity index (χ2v) is 30.4. The number of hydrogen-bond acceptors (Lipinski definition) is 0. The van der Waals surface area contributed by atoms with E-state index in [0.717, 1.165) is 11.1 Å². The number of nitrogens with zero attached hydrogens (tertiary/aromatic N) is 2. The molecule has 0 atom stereocenters. The van der Waals surface area contributed by atoms with Gasteiger partial charge >= 0.3 is 21.7 Å². The van der Waals surface area contributed by atoms with Crippen LogP contribution < -0.4 is 0 Å². The Morgan fingerprint density at radius 3 is 1.06 bits per heavy atom. The van der Waals surface area contributed by atoms with Gasteiger partial charge in [0.2, 0.25) is 0 Å². The SMILES string of the molecule is C[Si](C)(C)[N-][Si](C)(C)C.C[Si]1(C)CC[Si](C)(C)[N-]1.[C-]#Cc1ccccc1.[C-]#Cc1ccccc1.[Ti+4]. The third-order valence-corrected chi connectivity index (χ3v) is 18.1. The van der Waals surface area contributed by atoms with Crippen molar-refractivity contribution >= 4 is 32.9 Å². The molecular formula is C28H44N2Si4Ti. The molecule has 0 radical (unpaired) electrons. The molecule has 0 N–H and O–H groups in total. The second kappa shape index (κ2) is 16.7. The van der Waals surface area contributed by atoms with E-state index in [0.29, 0.717) is 0 Å². The summed E-state index contributed by atoms with van der Waals surface area (Å²) in [5.74, 6) is 4.55. The second-order valence-electron chi connectivity index (χ2n) is 11.7. The standard InChI is InChI=1S/2C8H5.C6H16NSi2.C6H18NSi2.Ti/c2*1-2-8-6-4-3-5-7-8;1-8(2)5-6-9(3,4)7-8;1-8(2,3)7-9(4,5)6;/h2*3-7H;5-6H2,1-4H3;1-6H3;/q4*-1;+4. The topological polar surface area (TPSA) is 28.2 Å². The van der Waals surface area contributed by atoms with Crippen molar-refractivity contribution in [1.82, 2.24) is 0 Å². The minimum absolute atomic E-state index is 0. The van der Waals surface area contributed by atoms with E-state index in [2.05, 4.69) is 77.3 Å². The number of benzene rings is 2. The van der Waals surface area contributed by atoms with Gasteiger partial charge in [-0.3, -0.25) is 11.8 Å². The van der Waals surface area contributed by atoms with Gasteiger partial charge in [0.15, 0.2) is 0 Å². The van der Waals surface area contributed by atoms with Crippen LogP contribution in [0.25, 0.3) is 9.30 Å². The first kappa shape index (κ1) is 36.2. The maximum Gasteiger partial charge on any atom is 4.00 e. The maximum absolute atomic E-state index is 6.69. The van der Waals surface area contributed by atoms with Crippen LogP contribution in [0, 0.1) is 24.7 Å². The van der Waals surface area contributed by atoms with Crippen molar-refractivity contribution in [2.75, 3.05) is 0 Å². The molecular weight excluding hydrogens is 525 g/mol. The minimum atomic E-state index is -1.11. The summed E-state index contributed by atoms with van der Waals surface area (Å²) in [6, 6.07) is 21.6. The Balaban J connectivity index is 0. The molecule has 0 saturated carbocycles. The molecule has 0 bridgehead atoms. The van der Waals surface area contributed by atoms with Gasteiger partial charge in [0, 0.05) is 0 Å². The van der Waals surface area contributed by atoms with E-state index in [-0.39, 0.29) is 21.7 Å². The van der Waals surface area contributed by atoms with Crippen LogP contribution in [-0.2, 0) is 21.7 Å². The van der Waals surface area contributed by atoms with Crippen LogP contribution in [-0.4, -0.2) is 32.9 Å². The fourth-order valence-corrected chi connectivity index (χ4v) is 24.0. The van der Waals surface area contributed by atoms with E-state index in [4.69, 9.17) is 22.1 Å². The van der Waals surface area contributed by atoms with Crippen LogP contribution in [0.15, 0.2) is 60.7 Å². The Morgan fingerprint density at radius 2 is 0.943 bits per heavy atom. The molecule has 7 heteroatoms. The largest absolute Gasteiger partial charge is 4.00 e. The van der Waals surface area contributed by atoms with Crippen LogP contribution in [0.5, 0.6) is 0 Å². The molecule has 2 aromatic carbocycles. The van der Waals surface area contributed by atoms with Gasteiger partial charge in [0.25, 0.3) is 0 Å². The van der Waals surface area contributed by atoms with Crippen molar-refractivity contribution in [1.29, 1.82) is 0 Å². The Labute approximate surface area is 236 Å². The Bertz CT molecular complexity index is 829. The molecule has 1 aliphatic rings. The van der Waals surface area contributed by atoms with E-state index in [1.165, 1.54) is 12.1 Å². The number of hydrogen-bond donors (Lipinski definition) is 0. The van der Waals surface area contributed by atoms with E-state index < -0.39 is 32.9 Å². The van der Waals surface area contributed by atoms with Crippen LogP contribution in [0.2, 0.25) is 77.6 Å². The normalized spacial score (nSPS) is 15.1. The van der Waals surface area contributed by atoms with Crippen molar-refractivity contribution in [3.63, 3.8) is 0 Å². The van der Waals surface area contributed by atoms with Crippen molar-refractivity contribution in [2.24, 2.45) is 0 Å². The zero-order valence-corrected chi connectivity index (χ0v) is 29.1. The van der Waals surface area contributed by atoms with Gasteiger partial charge in [-0.1, -0.05) is 147 Å². The first-order chi connectivity index (χ1) is 15.5. The van der Waals surface area contributed by atoms with E-state index >= 15 is 0 Å². The predicted molar refractivity (Wildman–Crippen MR) is 163 cm³/mol. The van der Waals surface area contributed by atoms with Gasteiger partial charge in [-0.25, -0.2) is 0 Å². The molecule has 0 amide bonds. The third kappa shape index (κ3) is 22.0. The maximum atomic E-state index is 6.69. The summed E-state index contributed by atoms with van der Waals surface area (Å²) in [4.78, 5) is 0. The first-order valence-electron chi connectivity index (χ1n) is 11.9. The summed E-state index contributed by atoms with van der Waals surface area (Å²) in [6.45, 7) is 23.3. The molecule has 1 heterocycles. The summed E-state index contributed by atoms with van der Waals surface area (Å²) in [6.07, 6.45) is 13.4. The minimum Gasteiger partial charge on any atom is -0.668 e. The first-order valence-corrected chi connectivity index (χ1v) is 25.1. The van der Waals surface area contributed by atoms with Gasteiger partial charge in [0.05, 0.1) is 0 Å². The average Bonchev–Trinajstić information content (AvgIpc) is 2.98. The van der Waals surface area contributed by atoms with Crippen LogP contribution in [0.3, 0.4) is 0 Å². The van der Waals surface area contributed by atoms with Crippen molar-refractivity contribution < 1.29 is 21.7 Å². The van der Waals surface area contributed by atoms with Gasteiger partial charge in [0.1, 0.15) is 0 Å². The average molecular weight is 569 g/mol. The molecule has 3 rings (SSSR count). The van der Waals surface area contributed by atoms with E-state index in [1.807, 2.05) is 60.7 Å². The molecule has 1 fully saturated rings. The smallest absolute Gasteiger partial charge is 0.668 e. The van der Waals surface area contributed by atoms with Crippen molar-refractivity contribution in [3.05, 3.63) is 93.9 Å². The van der Waals surface area contributed by atoms with Gasteiger partial charge < -0.3 is 22.1 Å². The molecule has 35 heavy (non-hydrogen) atoms. The van der Waals surface area contributed by atoms with Crippen molar-refractivity contribution in [3.8, 4) is 11.8 Å². The summed E-state index contributed by atoms with van der Waals surface area (Å²) < 4.78 is 9.75. The number of rotatable bonds is 2. The van der Waals surface area contributed by atoms with Crippen LogP contribution in [0.4, 0.5) is 0 Å². The fourth-order valence-electron chi connectivity index (χ4n) is 3.59. The molecule has 0 unspecified atom stereocenters. The van der Waals surface area contributed by atoms with E-state index in [9.17, 15) is 0 Å². The molecule has 1 saturated heterocycles. The Hall–Kier alpha value is -0.938. The van der Waals surface area contributed by atoms with Gasteiger partial charge in [-0.15, -0.1) is 35.4 Å². The third-order valence-electron chi connectivity index (χ3n) is 4.46. The summed E-state index contributed by atoms with van der Waals surface area (Å²) >= 11 is 0. The molecule has 1 aliphatic heterocycles. The molecule has 2 nitrogen and oxygen atoms in total. The molecule has 0 aromatic heterocycles. The van der Waals surface area contributed by atoms with E-state index in [1.54, 1.807) is 0 Å². The summed E-state index contributed by atoms with van der Waals surface area (Å²) in [7, 11) is -4.19. The summed E-state index contributed by atoms with van der Waals surface area (Å²) in [5.41, 5.74) is 1.65. The molecule has 0 aliphatic carbocycles. The van der Waals surface area contributed by atoms with Gasteiger partial charge in [-0.2, -0.15) is 0 Å². The molecule has 0 spiro atoms. The van der Waals surface area contributed by atoms with Gasteiger partial charge in [-0.05, 0) is 0 Å².